The summed E-state index contributed by atoms with van der Waals surface area (Å²) in [5, 5.41) is 3.38. The highest BCUT2D eigenvalue weighted by Crippen LogP contribution is 2.19. The van der Waals surface area contributed by atoms with Gasteiger partial charge in [-0.05, 0) is 36.6 Å². The maximum atomic E-state index is 12.2. The molecule has 0 aliphatic carbocycles. The maximum Gasteiger partial charge on any atom is 0.330 e. The summed E-state index contributed by atoms with van der Waals surface area (Å²) < 4.78 is 3.54. The third-order valence-electron chi connectivity index (χ3n) is 3.75. The zero-order valence-corrected chi connectivity index (χ0v) is 12.6. The van der Waals surface area contributed by atoms with Crippen LogP contribution in [0.15, 0.2) is 45.4 Å². The highest BCUT2D eigenvalue weighted by Gasteiger charge is 2.12. The van der Waals surface area contributed by atoms with E-state index in [0.29, 0.717) is 16.9 Å². The van der Waals surface area contributed by atoms with Gasteiger partial charge >= 0.3 is 5.69 Å². The number of nitrogens with one attached hydrogen (secondary N) is 1. The minimum Gasteiger partial charge on any atom is -0.311 e. The molecule has 0 bridgehead atoms. The molecule has 4 aromatic rings. The Morgan fingerprint density at radius 3 is 3.00 bits per heavy atom. The number of aryl methyl sites for hydroxylation is 1. The lowest BCUT2D eigenvalue weighted by molar-refractivity contribution is 0.599. The highest BCUT2D eigenvalue weighted by molar-refractivity contribution is 7.16. The SMILES string of the molecule is Cc1cc2cccnc2n1Cn1c(=O)[nH]c(=O)c2ccsc21. The van der Waals surface area contributed by atoms with Crippen molar-refractivity contribution in [2.75, 3.05) is 0 Å². The first-order chi connectivity index (χ1) is 10.6. The van der Waals surface area contributed by atoms with Crippen LogP contribution in [0.3, 0.4) is 0 Å². The number of hydrogen-bond donors (Lipinski definition) is 1. The summed E-state index contributed by atoms with van der Waals surface area (Å²) in [6.07, 6.45) is 1.73. The van der Waals surface area contributed by atoms with E-state index in [0.717, 1.165) is 16.7 Å². The van der Waals surface area contributed by atoms with Crippen molar-refractivity contribution in [1.82, 2.24) is 19.1 Å². The van der Waals surface area contributed by atoms with E-state index in [4.69, 9.17) is 0 Å². The van der Waals surface area contributed by atoms with Crippen molar-refractivity contribution in [3.63, 3.8) is 0 Å². The smallest absolute Gasteiger partial charge is 0.311 e. The molecule has 0 saturated heterocycles. The Kier molecular flexibility index (Phi) is 2.77. The number of H-pyrrole nitrogens is 1. The Labute approximate surface area is 128 Å². The third-order valence-corrected chi connectivity index (χ3v) is 4.68. The lowest BCUT2D eigenvalue weighted by Gasteiger charge is -2.11. The molecule has 6 nitrogen and oxygen atoms in total. The van der Waals surface area contributed by atoms with Gasteiger partial charge in [0, 0.05) is 17.3 Å². The second-order valence-corrected chi connectivity index (χ2v) is 5.99. The van der Waals surface area contributed by atoms with E-state index in [1.54, 1.807) is 16.8 Å². The van der Waals surface area contributed by atoms with E-state index in [2.05, 4.69) is 9.97 Å². The van der Waals surface area contributed by atoms with Gasteiger partial charge in [0.05, 0.1) is 5.39 Å². The summed E-state index contributed by atoms with van der Waals surface area (Å²) in [6, 6.07) is 7.64. The second-order valence-electron chi connectivity index (χ2n) is 5.10. The van der Waals surface area contributed by atoms with Crippen LogP contribution in [0, 0.1) is 6.92 Å². The van der Waals surface area contributed by atoms with E-state index in [1.807, 2.05) is 35.1 Å². The van der Waals surface area contributed by atoms with Crippen LogP contribution < -0.4 is 11.2 Å². The van der Waals surface area contributed by atoms with Gasteiger partial charge in [-0.15, -0.1) is 11.3 Å². The predicted octanol–water partition coefficient (Wildman–Crippen LogP) is 1.92. The number of aromatic amines is 1. The van der Waals surface area contributed by atoms with E-state index in [9.17, 15) is 9.59 Å². The Bertz CT molecular complexity index is 1120. The molecule has 0 aromatic carbocycles. The Morgan fingerprint density at radius 2 is 2.14 bits per heavy atom. The summed E-state index contributed by atoms with van der Waals surface area (Å²) in [5.74, 6) is 0. The van der Waals surface area contributed by atoms with Crippen LogP contribution in [0.2, 0.25) is 0 Å². The van der Waals surface area contributed by atoms with E-state index in [1.165, 1.54) is 11.3 Å². The summed E-state index contributed by atoms with van der Waals surface area (Å²) in [5.41, 5.74) is 1.08. The average Bonchev–Trinajstić information content (AvgIpc) is 3.08. The topological polar surface area (TPSA) is 72.7 Å². The molecular formula is C15H12N4O2S. The fourth-order valence-corrected chi connectivity index (χ4v) is 3.56. The normalized spacial score (nSPS) is 11.5. The summed E-state index contributed by atoms with van der Waals surface area (Å²) in [7, 11) is 0. The first-order valence-corrected chi connectivity index (χ1v) is 7.64. The van der Waals surface area contributed by atoms with Crippen LogP contribution in [-0.2, 0) is 6.67 Å². The zero-order valence-electron chi connectivity index (χ0n) is 11.7. The van der Waals surface area contributed by atoms with Crippen LogP contribution in [0.1, 0.15) is 5.69 Å². The second kappa shape index (κ2) is 4.67. The monoisotopic (exact) mass is 312 g/mol. The van der Waals surface area contributed by atoms with E-state index >= 15 is 0 Å². The largest absolute Gasteiger partial charge is 0.330 e. The summed E-state index contributed by atoms with van der Waals surface area (Å²) in [6.45, 7) is 2.29. The molecule has 1 N–H and O–H groups in total. The minimum absolute atomic E-state index is 0.318. The Morgan fingerprint density at radius 1 is 1.27 bits per heavy atom. The minimum atomic E-state index is -0.405. The van der Waals surface area contributed by atoms with Gasteiger partial charge < -0.3 is 4.57 Å². The van der Waals surface area contributed by atoms with Gasteiger partial charge in [0.25, 0.3) is 5.56 Å². The van der Waals surface area contributed by atoms with Gasteiger partial charge in [-0.2, -0.15) is 0 Å². The standard InChI is InChI=1S/C15H12N4O2S/c1-9-7-10-3-2-5-16-12(10)18(9)8-19-14-11(4-6-22-14)13(20)17-15(19)21/h2-7H,8H2,1H3,(H,17,20,21). The number of fused-ring (bicyclic) bond motifs is 2. The van der Waals surface area contributed by atoms with Crippen LogP contribution in [-0.4, -0.2) is 19.1 Å². The lowest BCUT2D eigenvalue weighted by atomic mass is 10.3. The molecule has 0 atom stereocenters. The zero-order chi connectivity index (χ0) is 15.3. The van der Waals surface area contributed by atoms with Crippen LogP contribution in [0.25, 0.3) is 21.3 Å². The summed E-state index contributed by atoms with van der Waals surface area (Å²) >= 11 is 1.38. The highest BCUT2D eigenvalue weighted by atomic mass is 32.1. The van der Waals surface area contributed by atoms with Gasteiger partial charge in [-0.3, -0.25) is 14.3 Å². The number of nitrogens with zero attached hydrogens (tertiary/aromatic N) is 3. The Hall–Kier alpha value is -2.67. The van der Waals surface area contributed by atoms with Crippen molar-refractivity contribution in [1.29, 1.82) is 0 Å². The average molecular weight is 312 g/mol. The molecule has 0 aliphatic rings. The van der Waals surface area contributed by atoms with Crippen molar-refractivity contribution in [3.05, 3.63) is 62.4 Å². The number of hydrogen-bond acceptors (Lipinski definition) is 4. The van der Waals surface area contributed by atoms with E-state index < -0.39 is 5.69 Å². The fraction of sp³-hybridized carbons (Fsp3) is 0.133. The molecule has 22 heavy (non-hydrogen) atoms. The molecule has 0 saturated carbocycles. The molecule has 0 aliphatic heterocycles. The molecule has 0 unspecified atom stereocenters. The van der Waals surface area contributed by atoms with E-state index in [-0.39, 0.29) is 5.56 Å². The number of pyridine rings is 1. The third kappa shape index (κ3) is 1.82. The molecule has 0 radical (unpaired) electrons. The van der Waals surface area contributed by atoms with Crippen LogP contribution >= 0.6 is 11.3 Å². The molecule has 110 valence electrons. The lowest BCUT2D eigenvalue weighted by Crippen LogP contribution is -2.31. The van der Waals surface area contributed by atoms with Gasteiger partial charge in [0.15, 0.2) is 0 Å². The van der Waals surface area contributed by atoms with Gasteiger partial charge in [0.2, 0.25) is 0 Å². The number of aromatic nitrogens is 4. The first kappa shape index (κ1) is 13.0. The molecule has 4 aromatic heterocycles. The van der Waals surface area contributed by atoms with Crippen molar-refractivity contribution in [2.24, 2.45) is 0 Å². The Balaban J connectivity index is 1.97. The van der Waals surface area contributed by atoms with Crippen molar-refractivity contribution in [3.8, 4) is 0 Å². The molecule has 7 heteroatoms. The molecule has 0 fully saturated rings. The van der Waals surface area contributed by atoms with Crippen molar-refractivity contribution in [2.45, 2.75) is 13.6 Å². The molecule has 0 spiro atoms. The fourth-order valence-electron chi connectivity index (χ4n) is 2.67. The molecule has 4 rings (SSSR count). The predicted molar refractivity (Wildman–Crippen MR) is 86.6 cm³/mol. The quantitative estimate of drug-likeness (QED) is 0.614. The van der Waals surface area contributed by atoms with Crippen LogP contribution in [0.5, 0.6) is 0 Å². The molecule has 4 heterocycles. The first-order valence-electron chi connectivity index (χ1n) is 6.76. The van der Waals surface area contributed by atoms with Gasteiger partial charge in [-0.1, -0.05) is 0 Å². The number of rotatable bonds is 2. The molecular weight excluding hydrogens is 300 g/mol. The van der Waals surface area contributed by atoms with Gasteiger partial charge in [-0.25, -0.2) is 9.78 Å². The molecule has 0 amide bonds. The van der Waals surface area contributed by atoms with Gasteiger partial charge in [0.1, 0.15) is 17.1 Å². The summed E-state index contributed by atoms with van der Waals surface area (Å²) in [4.78, 5) is 31.5. The van der Waals surface area contributed by atoms with Crippen molar-refractivity contribution < 1.29 is 0 Å². The maximum absolute atomic E-state index is 12.2. The number of thiophene rings is 1. The van der Waals surface area contributed by atoms with Crippen molar-refractivity contribution >= 4 is 32.6 Å². The van der Waals surface area contributed by atoms with Crippen LogP contribution in [0.4, 0.5) is 0 Å².